The molecule has 1 aliphatic heterocycles. The van der Waals surface area contributed by atoms with E-state index in [9.17, 15) is 4.79 Å². The van der Waals surface area contributed by atoms with Crippen molar-refractivity contribution in [2.75, 3.05) is 6.54 Å². The molecule has 1 unspecified atom stereocenters. The van der Waals surface area contributed by atoms with Gasteiger partial charge in [0, 0.05) is 26.9 Å². The molecule has 4 rings (SSSR count). The third-order valence-corrected chi connectivity index (χ3v) is 6.30. The Bertz CT molecular complexity index is 823. The number of nitrogens with zero attached hydrogens (tertiary/aromatic N) is 1. The molecule has 3 aromatic rings. The number of amides is 1. The highest BCUT2D eigenvalue weighted by Crippen LogP contribution is 2.40. The van der Waals surface area contributed by atoms with Gasteiger partial charge in [0.2, 0.25) is 0 Å². The number of carbonyl (C=O) groups is 1. The maximum atomic E-state index is 13.0. The molecule has 0 saturated carbocycles. The third-order valence-electron chi connectivity index (χ3n) is 4.13. The Labute approximate surface area is 148 Å². The largest absolute Gasteiger partial charge is 0.326 e. The SMILES string of the molecule is O=C(c1ccc(Cl)cc1)N1CCc2sccc2C1c1cccs1. The Morgan fingerprint density at radius 2 is 1.91 bits per heavy atom. The molecule has 23 heavy (non-hydrogen) atoms. The quantitative estimate of drug-likeness (QED) is 0.611. The first-order valence-corrected chi connectivity index (χ1v) is 9.54. The van der Waals surface area contributed by atoms with Crippen molar-refractivity contribution >= 4 is 40.2 Å². The van der Waals surface area contributed by atoms with E-state index in [2.05, 4.69) is 22.9 Å². The van der Waals surface area contributed by atoms with E-state index in [-0.39, 0.29) is 11.9 Å². The van der Waals surface area contributed by atoms with Crippen molar-refractivity contribution in [3.05, 3.63) is 79.1 Å². The molecule has 2 aromatic heterocycles. The molecule has 0 spiro atoms. The summed E-state index contributed by atoms with van der Waals surface area (Å²) in [5.41, 5.74) is 1.96. The lowest BCUT2D eigenvalue weighted by molar-refractivity contribution is 0.0699. The second-order valence-electron chi connectivity index (χ2n) is 5.47. The molecule has 1 aromatic carbocycles. The summed E-state index contributed by atoms with van der Waals surface area (Å²) < 4.78 is 0. The summed E-state index contributed by atoms with van der Waals surface area (Å²) in [6.45, 7) is 0.748. The van der Waals surface area contributed by atoms with Crippen LogP contribution in [0.4, 0.5) is 0 Å². The molecule has 3 heterocycles. The van der Waals surface area contributed by atoms with Crippen molar-refractivity contribution in [3.8, 4) is 0 Å². The molecule has 1 atom stereocenters. The fraction of sp³-hybridized carbons (Fsp3) is 0.167. The molecule has 116 valence electrons. The number of hydrogen-bond donors (Lipinski definition) is 0. The Morgan fingerprint density at radius 1 is 1.09 bits per heavy atom. The minimum absolute atomic E-state index is 0.0215. The Morgan fingerprint density at radius 3 is 2.65 bits per heavy atom. The highest BCUT2D eigenvalue weighted by Gasteiger charge is 2.33. The van der Waals surface area contributed by atoms with Gasteiger partial charge in [-0.1, -0.05) is 17.7 Å². The molecule has 5 heteroatoms. The topological polar surface area (TPSA) is 20.3 Å². The first-order valence-electron chi connectivity index (χ1n) is 7.40. The zero-order valence-electron chi connectivity index (χ0n) is 12.2. The standard InChI is InChI=1S/C18H14ClNOS2/c19-13-5-3-12(4-6-13)18(21)20-9-7-15-14(8-11-23-15)17(20)16-2-1-10-22-16/h1-6,8,10-11,17H,7,9H2. The van der Waals surface area contributed by atoms with Gasteiger partial charge in [0.25, 0.3) is 5.91 Å². The van der Waals surface area contributed by atoms with Gasteiger partial charge >= 0.3 is 0 Å². The van der Waals surface area contributed by atoms with E-state index in [1.807, 2.05) is 11.0 Å². The summed E-state index contributed by atoms with van der Waals surface area (Å²) in [4.78, 5) is 17.6. The van der Waals surface area contributed by atoms with Gasteiger partial charge in [0.15, 0.2) is 0 Å². The highest BCUT2D eigenvalue weighted by molar-refractivity contribution is 7.10. The molecule has 0 radical (unpaired) electrons. The van der Waals surface area contributed by atoms with Gasteiger partial charge in [-0.3, -0.25) is 4.79 Å². The predicted molar refractivity (Wildman–Crippen MR) is 96.7 cm³/mol. The zero-order chi connectivity index (χ0) is 15.8. The molecule has 0 bridgehead atoms. The lowest BCUT2D eigenvalue weighted by Gasteiger charge is -2.35. The van der Waals surface area contributed by atoms with E-state index in [0.717, 1.165) is 13.0 Å². The maximum absolute atomic E-state index is 13.0. The van der Waals surface area contributed by atoms with Crippen LogP contribution in [0.2, 0.25) is 5.02 Å². The summed E-state index contributed by atoms with van der Waals surface area (Å²) >= 11 is 9.43. The van der Waals surface area contributed by atoms with Gasteiger partial charge in [0.1, 0.15) is 0 Å². The van der Waals surface area contributed by atoms with Crippen molar-refractivity contribution in [1.29, 1.82) is 0 Å². The number of benzene rings is 1. The van der Waals surface area contributed by atoms with Crippen molar-refractivity contribution in [2.45, 2.75) is 12.5 Å². The van der Waals surface area contributed by atoms with Gasteiger partial charge in [-0.2, -0.15) is 0 Å². The first kappa shape index (κ1) is 14.9. The number of hydrogen-bond acceptors (Lipinski definition) is 3. The van der Waals surface area contributed by atoms with Crippen LogP contribution in [-0.2, 0) is 6.42 Å². The first-order chi connectivity index (χ1) is 11.2. The molecule has 1 aliphatic rings. The number of carbonyl (C=O) groups excluding carboxylic acids is 1. The van der Waals surface area contributed by atoms with Crippen LogP contribution in [0.25, 0.3) is 0 Å². The van der Waals surface area contributed by atoms with Crippen LogP contribution in [0.5, 0.6) is 0 Å². The van der Waals surface area contributed by atoms with E-state index < -0.39 is 0 Å². The van der Waals surface area contributed by atoms with Crippen LogP contribution in [0.1, 0.15) is 31.7 Å². The summed E-state index contributed by atoms with van der Waals surface area (Å²) in [6, 6.07) is 13.5. The molecule has 0 saturated heterocycles. The second-order valence-corrected chi connectivity index (χ2v) is 7.89. The van der Waals surface area contributed by atoms with Crippen molar-refractivity contribution < 1.29 is 4.79 Å². The van der Waals surface area contributed by atoms with E-state index >= 15 is 0 Å². The molecule has 0 fully saturated rings. The molecule has 0 aliphatic carbocycles. The fourth-order valence-corrected chi connectivity index (χ4v) is 4.93. The summed E-state index contributed by atoms with van der Waals surface area (Å²) in [5.74, 6) is 0.0666. The van der Waals surface area contributed by atoms with Crippen LogP contribution in [0.3, 0.4) is 0 Å². The Kier molecular flexibility index (Phi) is 3.97. The van der Waals surface area contributed by atoms with Crippen molar-refractivity contribution in [3.63, 3.8) is 0 Å². The average molecular weight is 360 g/mol. The molecular weight excluding hydrogens is 346 g/mol. The second kappa shape index (κ2) is 6.11. The normalized spacial score (nSPS) is 17.1. The van der Waals surface area contributed by atoms with Crippen LogP contribution in [0, 0.1) is 0 Å². The number of thiophene rings is 2. The van der Waals surface area contributed by atoms with Gasteiger partial charge in [0.05, 0.1) is 6.04 Å². The molecule has 0 N–H and O–H groups in total. The summed E-state index contributed by atoms with van der Waals surface area (Å²) in [6.07, 6.45) is 0.925. The lowest BCUT2D eigenvalue weighted by Crippen LogP contribution is -2.39. The smallest absolute Gasteiger partial charge is 0.254 e. The monoisotopic (exact) mass is 359 g/mol. The minimum Gasteiger partial charge on any atom is -0.326 e. The molecule has 1 amide bonds. The zero-order valence-corrected chi connectivity index (χ0v) is 14.6. The number of fused-ring (bicyclic) bond motifs is 1. The lowest BCUT2D eigenvalue weighted by atomic mass is 9.97. The fourth-order valence-electron chi connectivity index (χ4n) is 3.05. The minimum atomic E-state index is 0.0215. The van der Waals surface area contributed by atoms with Crippen molar-refractivity contribution in [1.82, 2.24) is 4.90 Å². The third kappa shape index (κ3) is 2.71. The van der Waals surface area contributed by atoms with E-state index in [4.69, 9.17) is 11.6 Å². The Hall–Kier alpha value is -1.62. The van der Waals surface area contributed by atoms with E-state index in [1.165, 1.54) is 15.3 Å². The van der Waals surface area contributed by atoms with Gasteiger partial charge in [-0.25, -0.2) is 0 Å². The average Bonchev–Trinajstić information content (AvgIpc) is 3.25. The highest BCUT2D eigenvalue weighted by atomic mass is 35.5. The summed E-state index contributed by atoms with van der Waals surface area (Å²) in [7, 11) is 0. The molecule has 2 nitrogen and oxygen atoms in total. The predicted octanol–water partition coefficient (Wildman–Crippen LogP) is 5.25. The Balaban J connectivity index is 1.75. The number of halogens is 1. The van der Waals surface area contributed by atoms with Gasteiger partial charge < -0.3 is 4.90 Å². The van der Waals surface area contributed by atoms with Crippen LogP contribution < -0.4 is 0 Å². The number of rotatable bonds is 2. The molecular formula is C18H14ClNOS2. The van der Waals surface area contributed by atoms with Gasteiger partial charge in [-0.15, -0.1) is 22.7 Å². The van der Waals surface area contributed by atoms with Gasteiger partial charge in [-0.05, 0) is 59.1 Å². The van der Waals surface area contributed by atoms with E-state index in [0.29, 0.717) is 10.6 Å². The van der Waals surface area contributed by atoms with Crippen LogP contribution in [0.15, 0.2) is 53.2 Å². The van der Waals surface area contributed by atoms with Crippen molar-refractivity contribution in [2.24, 2.45) is 0 Å². The van der Waals surface area contributed by atoms with Crippen LogP contribution >= 0.6 is 34.3 Å². The summed E-state index contributed by atoms with van der Waals surface area (Å²) in [5, 5.41) is 4.85. The van der Waals surface area contributed by atoms with Crippen LogP contribution in [-0.4, -0.2) is 17.4 Å². The maximum Gasteiger partial charge on any atom is 0.254 e. The van der Waals surface area contributed by atoms with E-state index in [1.54, 1.807) is 46.9 Å².